The van der Waals surface area contributed by atoms with Crippen molar-refractivity contribution >= 4 is 34.8 Å². The van der Waals surface area contributed by atoms with E-state index in [1.54, 1.807) is 18.2 Å². The van der Waals surface area contributed by atoms with Gasteiger partial charge in [-0.1, -0.05) is 47.5 Å². The number of rotatable bonds is 2. The van der Waals surface area contributed by atoms with Gasteiger partial charge in [-0.25, -0.2) is 5.43 Å². The number of fused-ring (bicyclic) bond motifs is 1. The molecule has 3 nitrogen and oxygen atoms in total. The van der Waals surface area contributed by atoms with E-state index in [4.69, 9.17) is 23.2 Å². The van der Waals surface area contributed by atoms with Crippen molar-refractivity contribution in [2.24, 2.45) is 28.8 Å². The van der Waals surface area contributed by atoms with Gasteiger partial charge in [0, 0.05) is 22.4 Å². The van der Waals surface area contributed by atoms with Crippen molar-refractivity contribution < 1.29 is 4.79 Å². The highest BCUT2D eigenvalue weighted by molar-refractivity contribution is 6.36. The van der Waals surface area contributed by atoms with Crippen molar-refractivity contribution in [3.05, 3.63) is 69.2 Å². The lowest BCUT2D eigenvalue weighted by Crippen LogP contribution is -2.54. The molecule has 30 heavy (non-hydrogen) atoms. The summed E-state index contributed by atoms with van der Waals surface area (Å²) in [6.45, 7) is 0. The molecule has 4 bridgehead atoms. The number of halogens is 2. The van der Waals surface area contributed by atoms with Crippen LogP contribution < -0.4 is 5.43 Å². The predicted molar refractivity (Wildman–Crippen MR) is 120 cm³/mol. The van der Waals surface area contributed by atoms with Gasteiger partial charge in [0.1, 0.15) is 0 Å². The Hall–Kier alpha value is -1.84. The molecular weight excluding hydrogens is 415 g/mol. The molecule has 1 N–H and O–H groups in total. The number of carbonyl (C=O) groups is 1. The molecule has 0 unspecified atom stereocenters. The van der Waals surface area contributed by atoms with Crippen molar-refractivity contribution in [2.45, 2.75) is 43.9 Å². The first-order chi connectivity index (χ1) is 14.5. The predicted octanol–water partition coefficient (Wildman–Crippen LogP) is 6.23. The van der Waals surface area contributed by atoms with E-state index in [9.17, 15) is 4.79 Å². The Morgan fingerprint density at radius 1 is 0.967 bits per heavy atom. The first kappa shape index (κ1) is 18.9. The van der Waals surface area contributed by atoms with Crippen molar-refractivity contribution in [2.75, 3.05) is 0 Å². The van der Waals surface area contributed by atoms with E-state index in [0.29, 0.717) is 15.6 Å². The molecule has 2 aromatic carbocycles. The van der Waals surface area contributed by atoms with E-state index in [-0.39, 0.29) is 11.3 Å². The molecule has 0 radical (unpaired) electrons. The van der Waals surface area contributed by atoms with Crippen LogP contribution >= 0.6 is 23.2 Å². The van der Waals surface area contributed by atoms with Gasteiger partial charge in [-0.15, -0.1) is 0 Å². The standard InChI is InChI=1S/C25H24Cl2N2O/c26-18-5-6-20(22(27)12-18)24(30)29-28-23-13-25(21-4-2-1-3-19(21)23)16-8-14-7-15(10-16)11-17(25)9-14/h1-6,12,14-17H,7-11,13H2,(H,29,30)/b28-23-. The zero-order valence-corrected chi connectivity index (χ0v) is 18.2. The van der Waals surface area contributed by atoms with Crippen LogP contribution in [0.1, 0.15) is 60.0 Å². The van der Waals surface area contributed by atoms with Gasteiger partial charge in [-0.3, -0.25) is 4.79 Å². The number of hydrogen-bond acceptors (Lipinski definition) is 2. The maximum Gasteiger partial charge on any atom is 0.272 e. The molecule has 5 heteroatoms. The molecule has 0 heterocycles. The molecule has 5 aliphatic carbocycles. The van der Waals surface area contributed by atoms with Gasteiger partial charge in [0.15, 0.2) is 0 Å². The molecule has 0 aromatic heterocycles. The van der Waals surface area contributed by atoms with E-state index in [1.165, 1.54) is 43.2 Å². The normalized spacial score (nSPS) is 34.5. The molecular formula is C25H24Cl2N2O. The van der Waals surface area contributed by atoms with Crippen LogP contribution in [0.3, 0.4) is 0 Å². The summed E-state index contributed by atoms with van der Waals surface area (Å²) in [4.78, 5) is 12.7. The van der Waals surface area contributed by atoms with Crippen LogP contribution in [0.25, 0.3) is 0 Å². The van der Waals surface area contributed by atoms with Gasteiger partial charge in [0.05, 0.1) is 16.3 Å². The SMILES string of the molecule is O=C(N/N=C1/CC2(c3ccccc31)C1CC3CC(C1)CC2C3)c1ccc(Cl)cc1Cl. The van der Waals surface area contributed by atoms with Gasteiger partial charge in [-0.05, 0) is 79.5 Å². The molecule has 4 fully saturated rings. The van der Waals surface area contributed by atoms with E-state index in [0.717, 1.165) is 35.8 Å². The zero-order valence-electron chi connectivity index (χ0n) is 16.7. The molecule has 7 rings (SSSR count). The molecule has 4 saturated carbocycles. The largest absolute Gasteiger partial charge is 0.272 e. The summed E-state index contributed by atoms with van der Waals surface area (Å²) < 4.78 is 0. The lowest BCUT2D eigenvalue weighted by atomic mass is 9.44. The summed E-state index contributed by atoms with van der Waals surface area (Å²) in [7, 11) is 0. The van der Waals surface area contributed by atoms with Crippen LogP contribution in [0.2, 0.25) is 10.0 Å². The van der Waals surface area contributed by atoms with Crippen molar-refractivity contribution in [1.29, 1.82) is 0 Å². The Morgan fingerprint density at radius 2 is 1.67 bits per heavy atom. The zero-order chi connectivity index (χ0) is 20.5. The smallest absolute Gasteiger partial charge is 0.267 e. The minimum Gasteiger partial charge on any atom is -0.267 e. The summed E-state index contributed by atoms with van der Waals surface area (Å²) in [5.41, 5.74) is 7.07. The van der Waals surface area contributed by atoms with Crippen LogP contribution in [0.4, 0.5) is 0 Å². The highest BCUT2D eigenvalue weighted by atomic mass is 35.5. The Balaban J connectivity index is 1.34. The molecule has 5 aliphatic rings. The van der Waals surface area contributed by atoms with Crippen molar-refractivity contribution in [1.82, 2.24) is 5.43 Å². The van der Waals surface area contributed by atoms with E-state index in [1.807, 2.05) is 0 Å². The average Bonchev–Trinajstić information content (AvgIpc) is 3.05. The molecule has 0 saturated heterocycles. The maximum absolute atomic E-state index is 12.7. The summed E-state index contributed by atoms with van der Waals surface area (Å²) >= 11 is 12.2. The van der Waals surface area contributed by atoms with E-state index in [2.05, 4.69) is 34.8 Å². The third kappa shape index (κ3) is 2.71. The number of benzene rings is 2. The lowest BCUT2D eigenvalue weighted by Gasteiger charge is -2.60. The first-order valence-corrected chi connectivity index (χ1v) is 11.7. The minimum atomic E-state index is -0.298. The fourth-order valence-electron chi connectivity index (χ4n) is 7.31. The number of hydrogen-bond donors (Lipinski definition) is 1. The number of amides is 1. The summed E-state index contributed by atoms with van der Waals surface area (Å²) in [6.07, 6.45) is 7.84. The van der Waals surface area contributed by atoms with Crippen LogP contribution in [-0.4, -0.2) is 11.6 Å². The third-order valence-electron chi connectivity index (χ3n) is 8.26. The lowest BCUT2D eigenvalue weighted by molar-refractivity contribution is -0.0557. The second-order valence-corrected chi connectivity index (χ2v) is 10.5. The molecule has 154 valence electrons. The Kier molecular flexibility index (Phi) is 4.30. The summed E-state index contributed by atoms with van der Waals surface area (Å²) in [6, 6.07) is 13.6. The fraction of sp³-hybridized carbons (Fsp3) is 0.440. The molecule has 2 aromatic rings. The first-order valence-electron chi connectivity index (χ1n) is 11.0. The van der Waals surface area contributed by atoms with Crippen LogP contribution in [0.5, 0.6) is 0 Å². The molecule has 1 amide bonds. The van der Waals surface area contributed by atoms with Crippen molar-refractivity contribution in [3.8, 4) is 0 Å². The Morgan fingerprint density at radius 3 is 2.37 bits per heavy atom. The highest BCUT2D eigenvalue weighted by Crippen LogP contribution is 2.66. The number of nitrogens with zero attached hydrogens (tertiary/aromatic N) is 1. The monoisotopic (exact) mass is 438 g/mol. The van der Waals surface area contributed by atoms with Gasteiger partial charge in [-0.2, -0.15) is 5.10 Å². The minimum absolute atomic E-state index is 0.214. The van der Waals surface area contributed by atoms with E-state index >= 15 is 0 Å². The quantitative estimate of drug-likeness (QED) is 0.554. The second kappa shape index (κ2) is 6.83. The highest BCUT2D eigenvalue weighted by Gasteiger charge is 2.60. The number of hydrazone groups is 1. The van der Waals surface area contributed by atoms with Gasteiger partial charge < -0.3 is 0 Å². The number of nitrogens with one attached hydrogen (secondary N) is 1. The molecule has 0 atom stereocenters. The van der Waals surface area contributed by atoms with Gasteiger partial charge >= 0.3 is 0 Å². The molecule has 0 aliphatic heterocycles. The number of carbonyl (C=O) groups excluding carboxylic acids is 1. The second-order valence-electron chi connectivity index (χ2n) is 9.69. The Labute approximate surface area is 186 Å². The summed E-state index contributed by atoms with van der Waals surface area (Å²) in [5, 5.41) is 5.49. The van der Waals surface area contributed by atoms with Crippen LogP contribution in [0.15, 0.2) is 47.6 Å². The third-order valence-corrected chi connectivity index (χ3v) is 8.81. The Bertz CT molecular complexity index is 1050. The van der Waals surface area contributed by atoms with Gasteiger partial charge in [0.2, 0.25) is 0 Å². The topological polar surface area (TPSA) is 41.5 Å². The maximum atomic E-state index is 12.7. The average molecular weight is 439 g/mol. The molecule has 1 spiro atoms. The van der Waals surface area contributed by atoms with Crippen molar-refractivity contribution in [3.63, 3.8) is 0 Å². The van der Waals surface area contributed by atoms with E-state index < -0.39 is 0 Å². The van der Waals surface area contributed by atoms with Gasteiger partial charge in [0.25, 0.3) is 5.91 Å². The van der Waals surface area contributed by atoms with Crippen LogP contribution in [0, 0.1) is 23.7 Å². The summed E-state index contributed by atoms with van der Waals surface area (Å²) in [5.74, 6) is 3.07. The van der Waals surface area contributed by atoms with Crippen LogP contribution in [-0.2, 0) is 5.41 Å². The fourth-order valence-corrected chi connectivity index (χ4v) is 7.81.